The van der Waals surface area contributed by atoms with Crippen LogP contribution < -0.4 is 5.32 Å². The minimum Gasteiger partial charge on any atom is -0.478 e. The summed E-state index contributed by atoms with van der Waals surface area (Å²) in [5.74, 6) is -1.37. The second-order valence-electron chi connectivity index (χ2n) is 5.31. The minimum atomic E-state index is -1.05. The van der Waals surface area contributed by atoms with Crippen LogP contribution in [-0.4, -0.2) is 40.9 Å². The van der Waals surface area contributed by atoms with E-state index in [0.717, 1.165) is 12.8 Å². The van der Waals surface area contributed by atoms with Gasteiger partial charge in [-0.2, -0.15) is 0 Å². The molecular formula is C17H24N2O4. The number of amides is 2. The normalized spacial score (nSPS) is 10.2. The molecule has 0 heterocycles. The number of carbonyl (C=O) groups excluding carboxylic acids is 2. The predicted molar refractivity (Wildman–Crippen MR) is 88.4 cm³/mol. The van der Waals surface area contributed by atoms with Crippen molar-refractivity contribution in [1.29, 1.82) is 0 Å². The van der Waals surface area contributed by atoms with Gasteiger partial charge in [-0.25, -0.2) is 4.79 Å². The molecule has 0 saturated heterocycles. The van der Waals surface area contributed by atoms with E-state index >= 15 is 0 Å². The van der Waals surface area contributed by atoms with E-state index in [0.29, 0.717) is 18.8 Å². The van der Waals surface area contributed by atoms with E-state index in [1.807, 2.05) is 13.8 Å². The summed E-state index contributed by atoms with van der Waals surface area (Å²) in [7, 11) is 0. The molecule has 0 unspecified atom stereocenters. The zero-order valence-electron chi connectivity index (χ0n) is 13.7. The Morgan fingerprint density at radius 2 is 1.74 bits per heavy atom. The summed E-state index contributed by atoms with van der Waals surface area (Å²) in [6, 6.07) is 6.03. The summed E-state index contributed by atoms with van der Waals surface area (Å²) in [5, 5.41) is 11.5. The summed E-state index contributed by atoms with van der Waals surface area (Å²) < 4.78 is 0. The van der Waals surface area contributed by atoms with Gasteiger partial charge in [-0.05, 0) is 31.0 Å². The topological polar surface area (TPSA) is 86.7 Å². The number of aromatic carboxylic acids is 1. The lowest BCUT2D eigenvalue weighted by atomic mass is 10.2. The van der Waals surface area contributed by atoms with Gasteiger partial charge in [0.1, 0.15) is 0 Å². The van der Waals surface area contributed by atoms with Crippen molar-refractivity contribution in [2.75, 3.05) is 18.4 Å². The van der Waals surface area contributed by atoms with Gasteiger partial charge < -0.3 is 15.3 Å². The van der Waals surface area contributed by atoms with Gasteiger partial charge in [0.15, 0.2) is 0 Å². The second-order valence-corrected chi connectivity index (χ2v) is 5.31. The number of anilines is 1. The Balaban J connectivity index is 2.52. The first kappa shape index (κ1) is 18.7. The lowest BCUT2D eigenvalue weighted by Crippen LogP contribution is -2.33. The molecule has 6 heteroatoms. The molecule has 0 aliphatic heterocycles. The summed E-state index contributed by atoms with van der Waals surface area (Å²) in [6.07, 6.45) is 2.02. The van der Waals surface area contributed by atoms with Crippen LogP contribution in [0.25, 0.3) is 0 Å². The van der Waals surface area contributed by atoms with Crippen LogP contribution in [0.3, 0.4) is 0 Å². The van der Waals surface area contributed by atoms with Crippen molar-refractivity contribution >= 4 is 23.5 Å². The van der Waals surface area contributed by atoms with Gasteiger partial charge in [-0.1, -0.05) is 19.9 Å². The number of carboxylic acids is 1. The minimum absolute atomic E-state index is 0.0249. The molecule has 0 radical (unpaired) electrons. The molecule has 0 saturated carbocycles. The van der Waals surface area contributed by atoms with Gasteiger partial charge in [0.2, 0.25) is 11.8 Å². The molecule has 1 aromatic carbocycles. The highest BCUT2D eigenvalue weighted by Gasteiger charge is 2.14. The first-order valence-electron chi connectivity index (χ1n) is 7.88. The molecule has 0 aliphatic rings. The van der Waals surface area contributed by atoms with Gasteiger partial charge in [0.05, 0.1) is 5.56 Å². The Bertz CT molecular complexity index is 551. The Kier molecular flexibility index (Phi) is 7.80. The Morgan fingerprint density at radius 3 is 2.30 bits per heavy atom. The van der Waals surface area contributed by atoms with Gasteiger partial charge in [0, 0.05) is 31.6 Å². The van der Waals surface area contributed by atoms with E-state index in [4.69, 9.17) is 5.11 Å². The van der Waals surface area contributed by atoms with Crippen LogP contribution in [0.4, 0.5) is 5.69 Å². The number of nitrogens with one attached hydrogen (secondary N) is 1. The standard InChI is InChI=1S/C17H24N2O4/c1-3-10-19(11-4-2)16(21)9-8-15(20)18-14-7-5-6-13(12-14)17(22)23/h5-7,12H,3-4,8-11H2,1-2H3,(H,18,20)(H,22,23). The highest BCUT2D eigenvalue weighted by Crippen LogP contribution is 2.11. The fraction of sp³-hybridized carbons (Fsp3) is 0.471. The molecule has 126 valence electrons. The average molecular weight is 320 g/mol. The Morgan fingerprint density at radius 1 is 1.09 bits per heavy atom. The van der Waals surface area contributed by atoms with Crippen LogP contribution in [0.1, 0.15) is 49.9 Å². The van der Waals surface area contributed by atoms with Crippen LogP contribution in [0, 0.1) is 0 Å². The second kappa shape index (κ2) is 9.61. The monoisotopic (exact) mass is 320 g/mol. The van der Waals surface area contributed by atoms with Crippen LogP contribution >= 0.6 is 0 Å². The lowest BCUT2D eigenvalue weighted by molar-refractivity contribution is -0.132. The number of carbonyl (C=O) groups is 3. The smallest absolute Gasteiger partial charge is 0.335 e. The fourth-order valence-corrected chi connectivity index (χ4v) is 2.23. The van der Waals surface area contributed by atoms with Crippen molar-refractivity contribution in [2.24, 2.45) is 0 Å². The Hall–Kier alpha value is -2.37. The van der Waals surface area contributed by atoms with Crippen molar-refractivity contribution in [3.63, 3.8) is 0 Å². The zero-order valence-corrected chi connectivity index (χ0v) is 13.7. The van der Waals surface area contributed by atoms with Gasteiger partial charge in [-0.15, -0.1) is 0 Å². The molecule has 2 N–H and O–H groups in total. The molecule has 0 aliphatic carbocycles. The quantitative estimate of drug-likeness (QED) is 0.732. The molecular weight excluding hydrogens is 296 g/mol. The van der Waals surface area contributed by atoms with E-state index in [1.54, 1.807) is 17.0 Å². The Labute approximate surface area is 136 Å². The third kappa shape index (κ3) is 6.50. The molecule has 0 atom stereocenters. The van der Waals surface area contributed by atoms with E-state index < -0.39 is 5.97 Å². The fourth-order valence-electron chi connectivity index (χ4n) is 2.23. The van der Waals surface area contributed by atoms with Crippen molar-refractivity contribution in [1.82, 2.24) is 4.90 Å². The number of carboxylic acid groups (broad SMARTS) is 1. The molecule has 0 bridgehead atoms. The predicted octanol–water partition coefficient (Wildman–Crippen LogP) is 2.75. The van der Waals surface area contributed by atoms with Crippen LogP contribution in [0.2, 0.25) is 0 Å². The largest absolute Gasteiger partial charge is 0.478 e. The van der Waals surface area contributed by atoms with Crippen molar-refractivity contribution < 1.29 is 19.5 Å². The van der Waals surface area contributed by atoms with Crippen molar-refractivity contribution in [3.05, 3.63) is 29.8 Å². The summed E-state index contributed by atoms with van der Waals surface area (Å²) in [5.41, 5.74) is 0.525. The van der Waals surface area contributed by atoms with Crippen molar-refractivity contribution in [3.8, 4) is 0 Å². The first-order valence-corrected chi connectivity index (χ1v) is 7.88. The molecule has 2 amide bonds. The maximum Gasteiger partial charge on any atom is 0.335 e. The SMILES string of the molecule is CCCN(CCC)C(=O)CCC(=O)Nc1cccc(C(=O)O)c1. The number of benzene rings is 1. The van der Waals surface area contributed by atoms with E-state index in [2.05, 4.69) is 5.32 Å². The van der Waals surface area contributed by atoms with Gasteiger partial charge in [-0.3, -0.25) is 9.59 Å². The van der Waals surface area contributed by atoms with Gasteiger partial charge >= 0.3 is 5.97 Å². The van der Waals surface area contributed by atoms with E-state index in [1.165, 1.54) is 12.1 Å². The number of rotatable bonds is 9. The van der Waals surface area contributed by atoms with Crippen LogP contribution in [0.15, 0.2) is 24.3 Å². The summed E-state index contributed by atoms with van der Waals surface area (Å²) >= 11 is 0. The van der Waals surface area contributed by atoms with Crippen LogP contribution in [0.5, 0.6) is 0 Å². The molecule has 1 rings (SSSR count). The first-order chi connectivity index (χ1) is 11.0. The highest BCUT2D eigenvalue weighted by molar-refractivity contribution is 5.95. The maximum atomic E-state index is 12.1. The molecule has 0 fully saturated rings. The average Bonchev–Trinajstić information content (AvgIpc) is 2.52. The third-order valence-electron chi connectivity index (χ3n) is 3.30. The zero-order chi connectivity index (χ0) is 17.2. The third-order valence-corrected chi connectivity index (χ3v) is 3.30. The molecule has 6 nitrogen and oxygen atoms in total. The van der Waals surface area contributed by atoms with Gasteiger partial charge in [0.25, 0.3) is 0 Å². The molecule has 1 aromatic rings. The number of hydrogen-bond donors (Lipinski definition) is 2. The highest BCUT2D eigenvalue weighted by atomic mass is 16.4. The van der Waals surface area contributed by atoms with E-state index in [9.17, 15) is 14.4 Å². The van der Waals surface area contributed by atoms with E-state index in [-0.39, 0.29) is 30.2 Å². The molecule has 0 aromatic heterocycles. The summed E-state index contributed by atoms with van der Waals surface area (Å²) in [4.78, 5) is 36.7. The van der Waals surface area contributed by atoms with Crippen molar-refractivity contribution in [2.45, 2.75) is 39.5 Å². The molecule has 23 heavy (non-hydrogen) atoms. The lowest BCUT2D eigenvalue weighted by Gasteiger charge is -2.21. The van der Waals surface area contributed by atoms with Crippen LogP contribution in [-0.2, 0) is 9.59 Å². The summed E-state index contributed by atoms with van der Waals surface area (Å²) in [6.45, 7) is 5.43. The maximum absolute atomic E-state index is 12.1. The molecule has 0 spiro atoms. The number of hydrogen-bond acceptors (Lipinski definition) is 3. The number of nitrogens with zero attached hydrogens (tertiary/aromatic N) is 1.